The Morgan fingerprint density at radius 1 is 1.31 bits per heavy atom. The van der Waals surface area contributed by atoms with Gasteiger partial charge in [-0.05, 0) is 12.1 Å². The van der Waals surface area contributed by atoms with Crippen molar-refractivity contribution in [1.82, 2.24) is 0 Å². The predicted octanol–water partition coefficient (Wildman–Crippen LogP) is 3.28. The summed E-state index contributed by atoms with van der Waals surface area (Å²) < 4.78 is 36.4. The van der Waals surface area contributed by atoms with Crippen LogP contribution in [0.5, 0.6) is 0 Å². The third-order valence-electron chi connectivity index (χ3n) is 1.43. The first kappa shape index (κ1) is 10.2. The molecule has 0 bridgehead atoms. The van der Waals surface area contributed by atoms with Gasteiger partial charge in [0.05, 0.1) is 5.56 Å². The molecule has 1 aromatic rings. The minimum atomic E-state index is -4.39. The van der Waals surface area contributed by atoms with Gasteiger partial charge in [-0.1, -0.05) is 22.0 Å². The van der Waals surface area contributed by atoms with E-state index in [9.17, 15) is 18.0 Å². The first-order valence-corrected chi connectivity index (χ1v) is 4.06. The average molecular weight is 253 g/mol. The maximum absolute atomic E-state index is 12.2. The molecule has 0 N–H and O–H groups in total. The summed E-state index contributed by atoms with van der Waals surface area (Å²) in [5.41, 5.74) is -0.571. The van der Waals surface area contributed by atoms with Gasteiger partial charge in [0.25, 0.3) is 0 Å². The number of hydrogen-bond donors (Lipinski definition) is 0. The van der Waals surface area contributed by atoms with Crippen LogP contribution in [0, 0.1) is 0 Å². The molecule has 1 aromatic carbocycles. The van der Waals surface area contributed by atoms with Gasteiger partial charge in [-0.2, -0.15) is 13.2 Å². The highest BCUT2D eigenvalue weighted by molar-refractivity contribution is 9.10. The van der Waals surface area contributed by atoms with Gasteiger partial charge in [-0.3, -0.25) is 4.79 Å². The fourth-order valence-electron chi connectivity index (χ4n) is 0.835. The number of carbonyl (C=O) groups is 1. The Hall–Kier alpha value is -0.840. The van der Waals surface area contributed by atoms with Crippen LogP contribution >= 0.6 is 15.9 Å². The molecule has 0 aliphatic carbocycles. The summed E-state index contributed by atoms with van der Waals surface area (Å²) >= 11 is 2.74. The molecule has 0 aliphatic rings. The summed E-state index contributed by atoms with van der Waals surface area (Å²) in [6.45, 7) is 0. The van der Waals surface area contributed by atoms with E-state index in [-0.39, 0.29) is 10.0 Å². The fraction of sp³-hybridized carbons (Fsp3) is 0.125. The molecule has 5 heteroatoms. The molecule has 0 aliphatic heterocycles. The van der Waals surface area contributed by atoms with Crippen LogP contribution in [0.3, 0.4) is 0 Å². The number of alkyl halides is 3. The summed E-state index contributed by atoms with van der Waals surface area (Å²) in [7, 11) is 0. The number of aldehydes is 1. The minimum Gasteiger partial charge on any atom is -0.298 e. The SMILES string of the molecule is O=Cc1ccc(C(F)(F)F)c(Br)c1. The van der Waals surface area contributed by atoms with E-state index in [1.54, 1.807) is 0 Å². The van der Waals surface area contributed by atoms with Crippen molar-refractivity contribution >= 4 is 22.2 Å². The van der Waals surface area contributed by atoms with Crippen molar-refractivity contribution in [3.05, 3.63) is 33.8 Å². The van der Waals surface area contributed by atoms with E-state index in [1.165, 1.54) is 0 Å². The largest absolute Gasteiger partial charge is 0.417 e. The van der Waals surface area contributed by atoms with Gasteiger partial charge >= 0.3 is 6.18 Å². The Balaban J connectivity index is 3.20. The summed E-state index contributed by atoms with van der Waals surface area (Å²) in [6, 6.07) is 3.13. The molecule has 0 aromatic heterocycles. The lowest BCUT2D eigenvalue weighted by Crippen LogP contribution is -2.06. The van der Waals surface area contributed by atoms with E-state index in [4.69, 9.17) is 0 Å². The van der Waals surface area contributed by atoms with Crippen molar-refractivity contribution in [3.63, 3.8) is 0 Å². The summed E-state index contributed by atoms with van der Waals surface area (Å²) in [4.78, 5) is 10.2. The zero-order valence-corrected chi connectivity index (χ0v) is 7.82. The second-order valence-corrected chi connectivity index (χ2v) is 3.21. The lowest BCUT2D eigenvalue weighted by molar-refractivity contribution is -0.138. The van der Waals surface area contributed by atoms with Crippen LogP contribution in [0.1, 0.15) is 15.9 Å². The summed E-state index contributed by atoms with van der Waals surface area (Å²) in [5, 5.41) is 0. The van der Waals surface area contributed by atoms with Crippen molar-refractivity contribution in [3.8, 4) is 0 Å². The lowest BCUT2D eigenvalue weighted by atomic mass is 10.1. The maximum atomic E-state index is 12.2. The number of hydrogen-bond acceptors (Lipinski definition) is 1. The number of halogens is 4. The smallest absolute Gasteiger partial charge is 0.298 e. The molecule has 0 unspecified atom stereocenters. The first-order chi connectivity index (χ1) is 5.95. The zero-order chi connectivity index (χ0) is 10.1. The van der Waals surface area contributed by atoms with Crippen molar-refractivity contribution in [2.24, 2.45) is 0 Å². The molecular formula is C8H4BrF3O. The second-order valence-electron chi connectivity index (χ2n) is 2.35. The van der Waals surface area contributed by atoms with Crippen LogP contribution in [0.2, 0.25) is 0 Å². The zero-order valence-electron chi connectivity index (χ0n) is 6.23. The Morgan fingerprint density at radius 3 is 2.31 bits per heavy atom. The van der Waals surface area contributed by atoms with E-state index in [0.29, 0.717) is 6.29 Å². The first-order valence-electron chi connectivity index (χ1n) is 3.27. The van der Waals surface area contributed by atoms with Crippen LogP contribution in [0.25, 0.3) is 0 Å². The quantitative estimate of drug-likeness (QED) is 0.702. The Morgan fingerprint density at radius 2 is 1.92 bits per heavy atom. The van der Waals surface area contributed by atoms with Crippen molar-refractivity contribution in [1.29, 1.82) is 0 Å². The standard InChI is InChI=1S/C8H4BrF3O/c9-7-3-5(4-13)1-2-6(7)8(10,11)12/h1-4H. The molecule has 0 atom stereocenters. The van der Waals surface area contributed by atoms with Crippen LogP contribution in [0.4, 0.5) is 13.2 Å². The van der Waals surface area contributed by atoms with Crippen molar-refractivity contribution < 1.29 is 18.0 Å². The van der Waals surface area contributed by atoms with Crippen LogP contribution in [-0.2, 0) is 6.18 Å². The monoisotopic (exact) mass is 252 g/mol. The highest BCUT2D eigenvalue weighted by atomic mass is 79.9. The molecule has 0 radical (unpaired) electrons. The van der Waals surface area contributed by atoms with E-state index in [2.05, 4.69) is 15.9 Å². The van der Waals surface area contributed by atoms with Crippen LogP contribution < -0.4 is 0 Å². The Bertz CT molecular complexity index is 333. The Kier molecular flexibility index (Phi) is 2.75. The normalized spacial score (nSPS) is 11.4. The summed E-state index contributed by atoms with van der Waals surface area (Å²) in [5.74, 6) is 0. The predicted molar refractivity (Wildman–Crippen MR) is 44.5 cm³/mol. The highest BCUT2D eigenvalue weighted by Crippen LogP contribution is 2.34. The molecule has 0 spiro atoms. The lowest BCUT2D eigenvalue weighted by Gasteiger charge is -2.08. The average Bonchev–Trinajstić information content (AvgIpc) is 2.01. The van der Waals surface area contributed by atoms with Gasteiger partial charge in [0.2, 0.25) is 0 Å². The van der Waals surface area contributed by atoms with Gasteiger partial charge in [0, 0.05) is 10.0 Å². The van der Waals surface area contributed by atoms with Gasteiger partial charge in [-0.25, -0.2) is 0 Å². The molecule has 13 heavy (non-hydrogen) atoms. The van der Waals surface area contributed by atoms with Gasteiger partial charge in [-0.15, -0.1) is 0 Å². The summed E-state index contributed by atoms with van der Waals surface area (Å²) in [6.07, 6.45) is -3.90. The van der Waals surface area contributed by atoms with Gasteiger partial charge in [0.15, 0.2) is 0 Å². The third-order valence-corrected chi connectivity index (χ3v) is 2.09. The second kappa shape index (κ2) is 3.49. The molecule has 0 amide bonds. The molecule has 1 rings (SSSR count). The topological polar surface area (TPSA) is 17.1 Å². The maximum Gasteiger partial charge on any atom is 0.417 e. The highest BCUT2D eigenvalue weighted by Gasteiger charge is 2.32. The van der Waals surface area contributed by atoms with Crippen LogP contribution in [-0.4, -0.2) is 6.29 Å². The van der Waals surface area contributed by atoms with E-state index in [1.807, 2.05) is 0 Å². The van der Waals surface area contributed by atoms with Crippen molar-refractivity contribution in [2.75, 3.05) is 0 Å². The fourth-order valence-corrected chi connectivity index (χ4v) is 1.46. The number of carbonyl (C=O) groups excluding carboxylic acids is 1. The molecular weight excluding hydrogens is 249 g/mol. The molecule has 0 fully saturated rings. The van der Waals surface area contributed by atoms with Gasteiger partial charge < -0.3 is 0 Å². The Labute approximate surface area is 80.7 Å². The molecule has 70 valence electrons. The molecule has 1 nitrogen and oxygen atoms in total. The number of rotatable bonds is 1. The molecule has 0 saturated heterocycles. The molecule has 0 heterocycles. The van der Waals surface area contributed by atoms with Crippen LogP contribution in [0.15, 0.2) is 22.7 Å². The van der Waals surface area contributed by atoms with E-state index >= 15 is 0 Å². The van der Waals surface area contributed by atoms with E-state index < -0.39 is 11.7 Å². The minimum absolute atomic E-state index is 0.121. The van der Waals surface area contributed by atoms with Gasteiger partial charge in [0.1, 0.15) is 6.29 Å². The number of benzene rings is 1. The third kappa shape index (κ3) is 2.30. The molecule has 0 saturated carbocycles. The van der Waals surface area contributed by atoms with Crippen molar-refractivity contribution in [2.45, 2.75) is 6.18 Å². The van der Waals surface area contributed by atoms with E-state index in [0.717, 1.165) is 18.2 Å².